The predicted octanol–water partition coefficient (Wildman–Crippen LogP) is 10.7. The molecule has 2 aliphatic carbocycles. The van der Waals surface area contributed by atoms with Crippen molar-refractivity contribution in [2.45, 2.75) is 0 Å². The fourth-order valence-electron chi connectivity index (χ4n) is 6.60. The van der Waals surface area contributed by atoms with Crippen molar-refractivity contribution in [2.24, 2.45) is 11.8 Å². The zero-order valence-electron chi connectivity index (χ0n) is 22.2. The Morgan fingerprint density at radius 3 is 1.48 bits per heavy atom. The summed E-state index contributed by atoms with van der Waals surface area (Å²) in [6.07, 6.45) is 18.8. The van der Waals surface area contributed by atoms with Crippen molar-refractivity contribution in [1.82, 2.24) is 0 Å². The van der Waals surface area contributed by atoms with Crippen LogP contribution in [0, 0.1) is 11.8 Å². The van der Waals surface area contributed by atoms with E-state index in [-0.39, 0.29) is 0 Å². The van der Waals surface area contributed by atoms with E-state index in [9.17, 15) is 0 Å². The molecule has 0 bridgehead atoms. The van der Waals surface area contributed by atoms with Gasteiger partial charge in [-0.3, -0.25) is 0 Å². The molecule has 0 fully saturated rings. The van der Waals surface area contributed by atoms with Gasteiger partial charge >= 0.3 is 0 Å². The quantitative estimate of drug-likeness (QED) is 0.204. The van der Waals surface area contributed by atoms with Crippen LogP contribution in [0.2, 0.25) is 0 Å². The second kappa shape index (κ2) is 9.36. The van der Waals surface area contributed by atoms with Gasteiger partial charge in [-0.25, -0.2) is 0 Å². The minimum absolute atomic E-state index is 0.313. The Kier molecular flexibility index (Phi) is 5.38. The van der Waals surface area contributed by atoms with E-state index in [2.05, 4.69) is 158 Å². The highest BCUT2D eigenvalue weighted by Gasteiger charge is 2.20. The van der Waals surface area contributed by atoms with Gasteiger partial charge in [0.25, 0.3) is 0 Å². The first-order valence-corrected chi connectivity index (χ1v) is 14.1. The molecule has 0 N–H and O–H groups in total. The number of hydrogen-bond acceptors (Lipinski definition) is 0. The third kappa shape index (κ3) is 3.76. The highest BCUT2D eigenvalue weighted by atomic mass is 14.2. The molecule has 0 nitrogen and oxygen atoms in total. The lowest BCUT2D eigenvalue weighted by molar-refractivity contribution is 0.670. The van der Waals surface area contributed by atoms with Gasteiger partial charge in [-0.2, -0.15) is 0 Å². The average molecular weight is 509 g/mol. The number of rotatable bonds is 2. The molecule has 0 spiro atoms. The van der Waals surface area contributed by atoms with Crippen molar-refractivity contribution in [2.75, 3.05) is 0 Å². The lowest BCUT2D eigenvalue weighted by Crippen LogP contribution is -2.10. The molecule has 0 heterocycles. The molecule has 2 aliphatic rings. The molecule has 8 rings (SSSR count). The maximum atomic E-state index is 2.45. The van der Waals surface area contributed by atoms with E-state index in [1.807, 2.05) is 0 Å². The van der Waals surface area contributed by atoms with Crippen LogP contribution < -0.4 is 0 Å². The predicted molar refractivity (Wildman–Crippen MR) is 173 cm³/mol. The van der Waals surface area contributed by atoms with Crippen LogP contribution in [0.4, 0.5) is 0 Å². The number of fused-ring (bicyclic) bond motifs is 7. The summed E-state index contributed by atoms with van der Waals surface area (Å²) in [7, 11) is 0. The minimum Gasteiger partial charge on any atom is -0.0767 e. The SMILES string of the molecule is C1=CC2\C=C/C(c3cc4ccccc4c4ccccc34)=C\C=C\C2C=C1c1cc2ccccc2c2ccccc12. The highest BCUT2D eigenvalue weighted by Crippen LogP contribution is 2.39. The molecular weight excluding hydrogens is 480 g/mol. The second-order valence-electron chi connectivity index (χ2n) is 10.9. The van der Waals surface area contributed by atoms with Gasteiger partial charge in [-0.1, -0.05) is 146 Å². The first-order chi connectivity index (χ1) is 19.8. The summed E-state index contributed by atoms with van der Waals surface area (Å²) in [6, 6.07) is 39.7. The molecule has 0 saturated heterocycles. The summed E-state index contributed by atoms with van der Waals surface area (Å²) in [5.41, 5.74) is 5.14. The number of hydrogen-bond donors (Lipinski definition) is 0. The van der Waals surface area contributed by atoms with Crippen LogP contribution >= 0.6 is 0 Å². The maximum Gasteiger partial charge on any atom is 0.00567 e. The van der Waals surface area contributed by atoms with Crippen molar-refractivity contribution in [3.8, 4) is 0 Å². The molecule has 0 heteroatoms. The molecule has 2 unspecified atom stereocenters. The summed E-state index contributed by atoms with van der Waals surface area (Å²) in [4.78, 5) is 0. The lowest BCUT2D eigenvalue weighted by Gasteiger charge is -2.24. The molecule has 0 amide bonds. The molecule has 6 aromatic carbocycles. The minimum atomic E-state index is 0.313. The van der Waals surface area contributed by atoms with Crippen LogP contribution in [-0.2, 0) is 0 Å². The molecular formula is C40H28. The molecule has 0 saturated carbocycles. The molecule has 188 valence electrons. The van der Waals surface area contributed by atoms with E-state index in [0.29, 0.717) is 11.8 Å². The van der Waals surface area contributed by atoms with Gasteiger partial charge in [-0.05, 0) is 77.5 Å². The number of benzene rings is 6. The second-order valence-corrected chi connectivity index (χ2v) is 10.9. The zero-order chi connectivity index (χ0) is 26.5. The largest absolute Gasteiger partial charge is 0.0767 e. The van der Waals surface area contributed by atoms with E-state index in [1.54, 1.807) is 0 Å². The van der Waals surface area contributed by atoms with Crippen molar-refractivity contribution in [1.29, 1.82) is 0 Å². The smallest absolute Gasteiger partial charge is 0.00567 e. The zero-order valence-corrected chi connectivity index (χ0v) is 22.2. The molecule has 0 aliphatic heterocycles. The van der Waals surface area contributed by atoms with Crippen LogP contribution in [0.15, 0.2) is 158 Å². The van der Waals surface area contributed by atoms with Crippen LogP contribution in [0.3, 0.4) is 0 Å². The summed E-state index contributed by atoms with van der Waals surface area (Å²) in [5, 5.41) is 10.4. The average Bonchev–Trinajstić information content (AvgIpc) is 3.01. The van der Waals surface area contributed by atoms with Gasteiger partial charge in [0.2, 0.25) is 0 Å². The van der Waals surface area contributed by atoms with Gasteiger partial charge in [0, 0.05) is 11.8 Å². The van der Waals surface area contributed by atoms with E-state index in [0.717, 1.165) is 0 Å². The van der Waals surface area contributed by atoms with Gasteiger partial charge in [0.15, 0.2) is 0 Å². The first kappa shape index (κ1) is 23.0. The van der Waals surface area contributed by atoms with E-state index in [4.69, 9.17) is 0 Å². The summed E-state index contributed by atoms with van der Waals surface area (Å²) >= 11 is 0. The van der Waals surface area contributed by atoms with Crippen LogP contribution in [-0.4, -0.2) is 0 Å². The van der Waals surface area contributed by atoms with Crippen molar-refractivity contribution in [3.05, 3.63) is 169 Å². The topological polar surface area (TPSA) is 0 Å². The van der Waals surface area contributed by atoms with Crippen LogP contribution in [0.5, 0.6) is 0 Å². The Bertz CT molecular complexity index is 2110. The highest BCUT2D eigenvalue weighted by molar-refractivity contribution is 6.13. The van der Waals surface area contributed by atoms with E-state index < -0.39 is 0 Å². The van der Waals surface area contributed by atoms with Gasteiger partial charge in [0.05, 0.1) is 0 Å². The Balaban J connectivity index is 1.21. The molecule has 2 atom stereocenters. The van der Waals surface area contributed by atoms with Gasteiger partial charge in [-0.15, -0.1) is 0 Å². The van der Waals surface area contributed by atoms with Crippen LogP contribution in [0.1, 0.15) is 11.1 Å². The summed E-state index contributed by atoms with van der Waals surface area (Å²) in [6.45, 7) is 0. The Morgan fingerprint density at radius 2 is 0.875 bits per heavy atom. The van der Waals surface area contributed by atoms with Crippen molar-refractivity contribution < 1.29 is 0 Å². The molecule has 0 radical (unpaired) electrons. The van der Waals surface area contributed by atoms with Crippen LogP contribution in [0.25, 0.3) is 54.2 Å². The third-order valence-corrected chi connectivity index (χ3v) is 8.58. The van der Waals surface area contributed by atoms with Crippen molar-refractivity contribution in [3.63, 3.8) is 0 Å². The molecule has 6 aromatic rings. The summed E-state index contributed by atoms with van der Waals surface area (Å²) in [5.74, 6) is 0.634. The van der Waals surface area contributed by atoms with Crippen molar-refractivity contribution >= 4 is 54.2 Å². The molecule has 0 aromatic heterocycles. The normalized spacial score (nSPS) is 21.4. The number of allylic oxidation sites excluding steroid dienone is 10. The standard InChI is InChI=1S/C40H28/c1-3-14-33-30(10-1)25-39(37-18-7-5-16-35(33)37)28-12-9-13-29-24-32(23-21-27(29)20-22-28)40-26-31-11-2-4-15-34(31)36-17-6-8-19-38(36)40/h1-27,29H/b13-9+,22-20-,28-12+. The van der Waals surface area contributed by atoms with Gasteiger partial charge in [0.1, 0.15) is 0 Å². The monoisotopic (exact) mass is 508 g/mol. The summed E-state index contributed by atoms with van der Waals surface area (Å²) < 4.78 is 0. The first-order valence-electron chi connectivity index (χ1n) is 14.1. The molecule has 40 heavy (non-hydrogen) atoms. The van der Waals surface area contributed by atoms with E-state index >= 15 is 0 Å². The fraction of sp³-hybridized carbons (Fsp3) is 0.0500. The lowest BCUT2D eigenvalue weighted by atomic mass is 9.80. The van der Waals surface area contributed by atoms with Gasteiger partial charge < -0.3 is 0 Å². The Labute approximate surface area is 234 Å². The maximum absolute atomic E-state index is 2.45. The van der Waals surface area contributed by atoms with E-state index in [1.165, 1.54) is 65.4 Å². The Morgan fingerprint density at radius 1 is 0.400 bits per heavy atom. The third-order valence-electron chi connectivity index (χ3n) is 8.58. The Hall–Kier alpha value is -4.94. The fourth-order valence-corrected chi connectivity index (χ4v) is 6.60.